The molecule has 0 aliphatic carbocycles. The third-order valence-corrected chi connectivity index (χ3v) is 6.68. The molecule has 0 bridgehead atoms. The summed E-state index contributed by atoms with van der Waals surface area (Å²) in [5.74, 6) is -1.35. The van der Waals surface area contributed by atoms with Crippen LogP contribution in [0.3, 0.4) is 0 Å². The number of carbonyl (C=O) groups excluding carboxylic acids is 2. The maximum atomic E-state index is 14.5. The van der Waals surface area contributed by atoms with Crippen LogP contribution in [0.15, 0.2) is 42.7 Å². The van der Waals surface area contributed by atoms with Crippen LogP contribution in [0, 0.1) is 13.8 Å². The molecule has 46 heavy (non-hydrogen) atoms. The molecule has 0 aliphatic heterocycles. The molecule has 0 spiro atoms. The highest BCUT2D eigenvalue weighted by Gasteiger charge is 2.75. The molecule has 2 amide bonds. The molecule has 1 aromatic carbocycles. The van der Waals surface area contributed by atoms with Crippen molar-refractivity contribution in [3.05, 3.63) is 81.5 Å². The average molecular weight is 675 g/mol. The van der Waals surface area contributed by atoms with Gasteiger partial charge in [-0.15, -0.1) is 5.10 Å². The van der Waals surface area contributed by atoms with E-state index in [1.54, 1.807) is 46.8 Å². The Morgan fingerprint density at radius 1 is 0.957 bits per heavy atom. The van der Waals surface area contributed by atoms with Crippen LogP contribution in [-0.4, -0.2) is 59.5 Å². The lowest BCUT2D eigenvalue weighted by atomic mass is 10.0. The van der Waals surface area contributed by atoms with Crippen molar-refractivity contribution in [2.75, 3.05) is 5.32 Å². The molecule has 2 N–H and O–H groups in total. The number of halogens is 8. The summed E-state index contributed by atoms with van der Waals surface area (Å²) in [6.07, 6.45) is -11.3. The summed E-state index contributed by atoms with van der Waals surface area (Å²) in [6, 6.07) is 7.39. The summed E-state index contributed by atoms with van der Waals surface area (Å²) in [5, 5.41) is 15.8. The predicted octanol–water partition coefficient (Wildman–Crippen LogP) is 6.25. The van der Waals surface area contributed by atoms with Crippen LogP contribution in [0.5, 0.6) is 0 Å². The standard InChI is InChI=1S/C28H26ClF7N8O2/c1-14-9-15(2)21(17(10-14)23(45)39-25(3,4)5)38-24(46)19-11-16(41-44(19)22-18(29)7-6-8-37-22)12-43-13-20(40-42-43)26(30,27(31,32)33)28(34,35)36/h6-11,13H,12H2,1-5H3,(H,38,46)(H,39,45). The minimum atomic E-state index is -6.38. The first kappa shape index (κ1) is 34.3. The number of hydrogen-bond acceptors (Lipinski definition) is 6. The summed E-state index contributed by atoms with van der Waals surface area (Å²) >= 11 is 6.28. The third-order valence-electron chi connectivity index (χ3n) is 6.38. The molecule has 4 aromatic rings. The van der Waals surface area contributed by atoms with E-state index in [1.807, 2.05) is 0 Å². The van der Waals surface area contributed by atoms with Crippen molar-refractivity contribution in [1.82, 2.24) is 35.1 Å². The topological polar surface area (TPSA) is 120 Å². The van der Waals surface area contributed by atoms with Crippen molar-refractivity contribution >= 4 is 29.1 Å². The van der Waals surface area contributed by atoms with Gasteiger partial charge in [0, 0.05) is 11.7 Å². The van der Waals surface area contributed by atoms with Gasteiger partial charge in [-0.3, -0.25) is 9.59 Å². The zero-order valence-electron chi connectivity index (χ0n) is 24.8. The van der Waals surface area contributed by atoms with E-state index in [-0.39, 0.29) is 39.7 Å². The zero-order valence-corrected chi connectivity index (χ0v) is 25.5. The zero-order chi connectivity index (χ0) is 34.4. The van der Waals surface area contributed by atoms with Gasteiger partial charge in [0.05, 0.1) is 34.7 Å². The number of anilines is 1. The van der Waals surface area contributed by atoms with Gasteiger partial charge >= 0.3 is 18.0 Å². The van der Waals surface area contributed by atoms with E-state index in [4.69, 9.17) is 11.6 Å². The summed E-state index contributed by atoms with van der Waals surface area (Å²) in [4.78, 5) is 31.0. The van der Waals surface area contributed by atoms with E-state index >= 15 is 0 Å². The Balaban J connectivity index is 1.76. The minimum absolute atomic E-state index is 0.0311. The van der Waals surface area contributed by atoms with Gasteiger partial charge in [0.2, 0.25) is 0 Å². The van der Waals surface area contributed by atoms with Crippen LogP contribution in [0.4, 0.5) is 36.4 Å². The summed E-state index contributed by atoms with van der Waals surface area (Å²) in [6.45, 7) is 8.13. The number of pyridine rings is 1. The van der Waals surface area contributed by atoms with E-state index in [2.05, 4.69) is 31.0 Å². The number of aryl methyl sites for hydroxylation is 2. The lowest BCUT2D eigenvalue weighted by Gasteiger charge is -2.27. The Kier molecular flexibility index (Phi) is 8.96. The lowest BCUT2D eigenvalue weighted by molar-refractivity contribution is -0.350. The first-order chi connectivity index (χ1) is 21.1. The first-order valence-corrected chi connectivity index (χ1v) is 13.7. The molecule has 3 heterocycles. The average Bonchev–Trinajstić information content (AvgIpc) is 3.55. The largest absolute Gasteiger partial charge is 0.437 e. The molecule has 0 fully saturated rings. The van der Waals surface area contributed by atoms with Gasteiger partial charge < -0.3 is 10.6 Å². The highest BCUT2D eigenvalue weighted by atomic mass is 35.5. The number of aromatic nitrogens is 6. The fourth-order valence-corrected chi connectivity index (χ4v) is 4.61. The number of carbonyl (C=O) groups is 2. The number of amides is 2. The first-order valence-electron chi connectivity index (χ1n) is 13.3. The Hall–Kier alpha value is -4.54. The second kappa shape index (κ2) is 12.0. The van der Waals surface area contributed by atoms with Crippen LogP contribution in [0.1, 0.15) is 64.1 Å². The molecule has 0 saturated carbocycles. The molecule has 0 aliphatic rings. The van der Waals surface area contributed by atoms with Crippen molar-refractivity contribution in [2.24, 2.45) is 0 Å². The fraction of sp³-hybridized carbons (Fsp3) is 0.357. The Morgan fingerprint density at radius 3 is 2.20 bits per heavy atom. The molecule has 0 radical (unpaired) electrons. The Bertz CT molecular complexity index is 1780. The summed E-state index contributed by atoms with van der Waals surface area (Å²) in [5.41, 5.74) is -7.19. The van der Waals surface area contributed by atoms with Crippen molar-refractivity contribution in [3.63, 3.8) is 0 Å². The maximum absolute atomic E-state index is 14.5. The molecule has 0 saturated heterocycles. The Morgan fingerprint density at radius 2 is 1.61 bits per heavy atom. The molecule has 10 nitrogen and oxygen atoms in total. The molecule has 0 atom stereocenters. The fourth-order valence-electron chi connectivity index (χ4n) is 4.41. The van der Waals surface area contributed by atoms with E-state index in [0.29, 0.717) is 10.2 Å². The number of nitrogens with zero attached hydrogens (tertiary/aromatic N) is 6. The molecular weight excluding hydrogens is 649 g/mol. The van der Waals surface area contributed by atoms with Crippen LogP contribution in [0.2, 0.25) is 5.02 Å². The third kappa shape index (κ3) is 6.83. The normalized spacial score (nSPS) is 12.7. The van der Waals surface area contributed by atoms with Crippen molar-refractivity contribution in [2.45, 2.75) is 64.7 Å². The van der Waals surface area contributed by atoms with E-state index in [9.17, 15) is 40.3 Å². The van der Waals surface area contributed by atoms with Gasteiger partial charge in [0.15, 0.2) is 5.82 Å². The second-order valence-corrected chi connectivity index (χ2v) is 11.8. The summed E-state index contributed by atoms with van der Waals surface area (Å²) < 4.78 is 95.2. The number of rotatable bonds is 7. The van der Waals surface area contributed by atoms with Gasteiger partial charge in [0.25, 0.3) is 11.8 Å². The van der Waals surface area contributed by atoms with Gasteiger partial charge in [-0.2, -0.15) is 31.4 Å². The van der Waals surface area contributed by atoms with Crippen LogP contribution >= 0.6 is 11.6 Å². The molecule has 246 valence electrons. The number of nitrogens with one attached hydrogen (secondary N) is 2. The second-order valence-electron chi connectivity index (χ2n) is 11.4. The maximum Gasteiger partial charge on any atom is 0.437 e. The number of benzene rings is 1. The molecule has 0 unspecified atom stereocenters. The van der Waals surface area contributed by atoms with Crippen molar-refractivity contribution in [3.8, 4) is 5.82 Å². The van der Waals surface area contributed by atoms with Gasteiger partial charge in [-0.1, -0.05) is 22.9 Å². The van der Waals surface area contributed by atoms with Crippen LogP contribution in [-0.2, 0) is 12.2 Å². The Labute approximate surface area is 261 Å². The van der Waals surface area contributed by atoms with Crippen molar-refractivity contribution in [1.29, 1.82) is 0 Å². The van der Waals surface area contributed by atoms with Crippen LogP contribution < -0.4 is 10.6 Å². The molecule has 18 heteroatoms. The highest BCUT2D eigenvalue weighted by Crippen LogP contribution is 2.52. The lowest BCUT2D eigenvalue weighted by Crippen LogP contribution is -2.50. The van der Waals surface area contributed by atoms with E-state index in [1.165, 1.54) is 18.3 Å². The smallest absolute Gasteiger partial charge is 0.347 e. The SMILES string of the molecule is Cc1cc(C)c(NC(=O)c2cc(Cn3cc(C(F)(C(F)(F)F)C(F)(F)F)nn3)nn2-c2ncccc2Cl)c(C(=O)NC(C)(C)C)c1. The molecular formula is C28H26ClF7N8O2. The minimum Gasteiger partial charge on any atom is -0.347 e. The number of alkyl halides is 7. The highest BCUT2D eigenvalue weighted by molar-refractivity contribution is 6.32. The molecule has 4 rings (SSSR count). The van der Waals surface area contributed by atoms with Gasteiger partial charge in [-0.25, -0.2) is 18.7 Å². The predicted molar refractivity (Wildman–Crippen MR) is 151 cm³/mol. The van der Waals surface area contributed by atoms with Crippen molar-refractivity contribution < 1.29 is 40.3 Å². The van der Waals surface area contributed by atoms with E-state index < -0.39 is 47.6 Å². The molecule has 3 aromatic heterocycles. The van der Waals surface area contributed by atoms with Crippen LogP contribution in [0.25, 0.3) is 5.82 Å². The van der Waals surface area contributed by atoms with Gasteiger partial charge in [0.1, 0.15) is 11.4 Å². The summed E-state index contributed by atoms with van der Waals surface area (Å²) in [7, 11) is 0. The van der Waals surface area contributed by atoms with E-state index in [0.717, 1.165) is 16.3 Å². The number of hydrogen-bond donors (Lipinski definition) is 2. The van der Waals surface area contributed by atoms with Gasteiger partial charge in [-0.05, 0) is 70.0 Å². The monoisotopic (exact) mass is 674 g/mol. The quantitative estimate of drug-likeness (QED) is 0.224.